The molecule has 1 atom stereocenters. The molecule has 1 saturated carbocycles. The van der Waals surface area contributed by atoms with Gasteiger partial charge in [-0.25, -0.2) is 0 Å². The molecule has 0 bridgehead atoms. The van der Waals surface area contributed by atoms with E-state index >= 15 is 0 Å². The second-order valence-corrected chi connectivity index (χ2v) is 7.17. The van der Waals surface area contributed by atoms with Crippen LogP contribution in [-0.2, 0) is 0 Å². The molecule has 0 aromatic heterocycles. The van der Waals surface area contributed by atoms with Crippen molar-refractivity contribution in [3.8, 4) is 0 Å². The Morgan fingerprint density at radius 3 is 2.20 bits per heavy atom. The Morgan fingerprint density at radius 2 is 1.55 bits per heavy atom. The summed E-state index contributed by atoms with van der Waals surface area (Å²) >= 11 is 0. The summed E-state index contributed by atoms with van der Waals surface area (Å²) in [6.07, 6.45) is 17.9. The highest BCUT2D eigenvalue weighted by Gasteiger charge is 2.44. The van der Waals surface area contributed by atoms with Gasteiger partial charge in [0.1, 0.15) is 0 Å². The van der Waals surface area contributed by atoms with Crippen LogP contribution in [0.3, 0.4) is 0 Å². The number of hydrogen-bond acceptors (Lipinski definition) is 2. The Labute approximate surface area is 126 Å². The number of nitrogens with zero attached hydrogens (tertiary/aromatic N) is 1. The van der Waals surface area contributed by atoms with Crippen molar-refractivity contribution in [3.05, 3.63) is 0 Å². The van der Waals surface area contributed by atoms with Gasteiger partial charge in [0.25, 0.3) is 0 Å². The number of likely N-dealkylation sites (tertiary alicyclic amines) is 1. The zero-order chi connectivity index (χ0) is 14.3. The van der Waals surface area contributed by atoms with Crippen LogP contribution in [-0.4, -0.2) is 29.6 Å². The Morgan fingerprint density at radius 1 is 0.900 bits per heavy atom. The molecule has 2 fully saturated rings. The summed E-state index contributed by atoms with van der Waals surface area (Å²) in [5.74, 6) is 0. The molecular formula is C18H36N2. The molecule has 0 aromatic rings. The molecule has 2 N–H and O–H groups in total. The van der Waals surface area contributed by atoms with Gasteiger partial charge >= 0.3 is 0 Å². The topological polar surface area (TPSA) is 29.3 Å². The first-order valence-electron chi connectivity index (χ1n) is 9.30. The number of unbranched alkanes of at least 4 members (excludes halogenated alkanes) is 4. The third-order valence-electron chi connectivity index (χ3n) is 5.76. The second kappa shape index (κ2) is 8.38. The van der Waals surface area contributed by atoms with E-state index in [1.165, 1.54) is 96.6 Å². The van der Waals surface area contributed by atoms with Gasteiger partial charge in [0.15, 0.2) is 0 Å². The highest BCUT2D eigenvalue weighted by Crippen LogP contribution is 2.40. The second-order valence-electron chi connectivity index (χ2n) is 7.17. The molecule has 1 aliphatic carbocycles. The smallest absolute Gasteiger partial charge is 0.0360 e. The van der Waals surface area contributed by atoms with Gasteiger partial charge in [-0.15, -0.1) is 0 Å². The minimum absolute atomic E-state index is 0.380. The quantitative estimate of drug-likeness (QED) is 0.665. The molecule has 0 spiro atoms. The lowest BCUT2D eigenvalue weighted by Crippen LogP contribution is -2.59. The summed E-state index contributed by atoms with van der Waals surface area (Å²) in [5.41, 5.74) is 7.10. The zero-order valence-corrected chi connectivity index (χ0v) is 13.7. The van der Waals surface area contributed by atoms with Crippen LogP contribution in [0.1, 0.15) is 90.4 Å². The lowest BCUT2D eigenvalue weighted by atomic mass is 9.82. The maximum absolute atomic E-state index is 6.72. The molecule has 1 unspecified atom stereocenters. The summed E-state index contributed by atoms with van der Waals surface area (Å²) in [7, 11) is 0. The third-order valence-corrected chi connectivity index (χ3v) is 5.76. The summed E-state index contributed by atoms with van der Waals surface area (Å²) in [5, 5.41) is 0. The van der Waals surface area contributed by atoms with Crippen LogP contribution in [0.5, 0.6) is 0 Å². The van der Waals surface area contributed by atoms with Gasteiger partial charge < -0.3 is 5.73 Å². The van der Waals surface area contributed by atoms with Crippen molar-refractivity contribution in [3.63, 3.8) is 0 Å². The van der Waals surface area contributed by atoms with Gasteiger partial charge in [-0.1, -0.05) is 58.3 Å². The van der Waals surface area contributed by atoms with Crippen LogP contribution < -0.4 is 5.73 Å². The summed E-state index contributed by atoms with van der Waals surface area (Å²) in [6, 6.07) is 0.421. The Kier molecular flexibility index (Phi) is 6.83. The number of hydrogen-bond donors (Lipinski definition) is 1. The summed E-state index contributed by atoms with van der Waals surface area (Å²) in [6.45, 7) is 4.91. The van der Waals surface area contributed by atoms with E-state index < -0.39 is 0 Å². The maximum Gasteiger partial charge on any atom is 0.0360 e. The molecule has 1 saturated heterocycles. The molecule has 20 heavy (non-hydrogen) atoms. The van der Waals surface area contributed by atoms with Crippen LogP contribution in [0.25, 0.3) is 0 Å². The van der Waals surface area contributed by atoms with Gasteiger partial charge in [0, 0.05) is 11.6 Å². The van der Waals surface area contributed by atoms with E-state index in [2.05, 4.69) is 11.8 Å². The highest BCUT2D eigenvalue weighted by molar-refractivity contribution is 5.02. The van der Waals surface area contributed by atoms with E-state index in [1.54, 1.807) is 0 Å². The van der Waals surface area contributed by atoms with Crippen LogP contribution in [0.15, 0.2) is 0 Å². The van der Waals surface area contributed by atoms with Crippen molar-refractivity contribution in [1.82, 2.24) is 4.90 Å². The predicted molar refractivity (Wildman–Crippen MR) is 88.0 cm³/mol. The largest absolute Gasteiger partial charge is 0.326 e. The van der Waals surface area contributed by atoms with E-state index in [4.69, 9.17) is 5.73 Å². The average Bonchev–Trinajstić information content (AvgIpc) is 2.99. The number of piperidine rings is 1. The predicted octanol–water partition coefficient (Wildman–Crippen LogP) is 4.47. The molecule has 0 amide bonds. The Hall–Kier alpha value is -0.0800. The minimum atomic E-state index is 0.380. The van der Waals surface area contributed by atoms with Crippen LogP contribution in [0, 0.1) is 0 Å². The standard InChI is InChI=1S/C18H36N2/c1-2-3-4-5-7-12-17(19)18(13-8-9-14-18)20-15-10-6-11-16-20/h17H,2-16,19H2,1H3. The van der Waals surface area contributed by atoms with Gasteiger partial charge in [-0.05, 0) is 45.2 Å². The van der Waals surface area contributed by atoms with Crippen LogP contribution >= 0.6 is 0 Å². The summed E-state index contributed by atoms with van der Waals surface area (Å²) in [4.78, 5) is 2.79. The minimum Gasteiger partial charge on any atom is -0.326 e. The molecule has 0 radical (unpaired) electrons. The Bertz CT molecular complexity index is 252. The molecule has 1 aliphatic heterocycles. The Balaban J connectivity index is 1.83. The van der Waals surface area contributed by atoms with E-state index in [1.807, 2.05) is 0 Å². The molecular weight excluding hydrogens is 244 g/mol. The average molecular weight is 280 g/mol. The van der Waals surface area contributed by atoms with Crippen LogP contribution in [0.2, 0.25) is 0 Å². The van der Waals surface area contributed by atoms with E-state index in [9.17, 15) is 0 Å². The van der Waals surface area contributed by atoms with Crippen molar-refractivity contribution >= 4 is 0 Å². The van der Waals surface area contributed by atoms with Crippen molar-refractivity contribution < 1.29 is 0 Å². The third kappa shape index (κ3) is 3.98. The SMILES string of the molecule is CCCCCCCC(N)C1(N2CCCCC2)CCCC1. The first-order valence-corrected chi connectivity index (χ1v) is 9.30. The van der Waals surface area contributed by atoms with Gasteiger partial charge in [0.2, 0.25) is 0 Å². The monoisotopic (exact) mass is 280 g/mol. The fraction of sp³-hybridized carbons (Fsp3) is 1.00. The van der Waals surface area contributed by atoms with E-state index in [-0.39, 0.29) is 0 Å². The van der Waals surface area contributed by atoms with Crippen molar-refractivity contribution in [2.45, 2.75) is 102 Å². The lowest BCUT2D eigenvalue weighted by Gasteiger charge is -2.47. The molecule has 1 heterocycles. The lowest BCUT2D eigenvalue weighted by molar-refractivity contribution is 0.0451. The molecule has 118 valence electrons. The maximum atomic E-state index is 6.72. The van der Waals surface area contributed by atoms with Gasteiger partial charge in [-0.3, -0.25) is 4.90 Å². The van der Waals surface area contributed by atoms with Crippen molar-refractivity contribution in [2.75, 3.05) is 13.1 Å². The van der Waals surface area contributed by atoms with Crippen LogP contribution in [0.4, 0.5) is 0 Å². The van der Waals surface area contributed by atoms with Gasteiger partial charge in [-0.2, -0.15) is 0 Å². The summed E-state index contributed by atoms with van der Waals surface area (Å²) < 4.78 is 0. The fourth-order valence-corrected chi connectivity index (χ4v) is 4.48. The molecule has 2 rings (SSSR count). The zero-order valence-electron chi connectivity index (χ0n) is 13.7. The van der Waals surface area contributed by atoms with E-state index in [0.29, 0.717) is 11.6 Å². The van der Waals surface area contributed by atoms with Crippen molar-refractivity contribution in [2.24, 2.45) is 5.73 Å². The first-order chi connectivity index (χ1) is 9.79. The van der Waals surface area contributed by atoms with E-state index in [0.717, 1.165) is 0 Å². The highest BCUT2D eigenvalue weighted by atomic mass is 15.2. The number of rotatable bonds is 8. The molecule has 2 nitrogen and oxygen atoms in total. The molecule has 2 aliphatic rings. The normalized spacial score (nSPS) is 24.9. The fourth-order valence-electron chi connectivity index (χ4n) is 4.48. The van der Waals surface area contributed by atoms with Crippen molar-refractivity contribution in [1.29, 1.82) is 0 Å². The molecule has 0 aromatic carbocycles. The van der Waals surface area contributed by atoms with Gasteiger partial charge in [0.05, 0.1) is 0 Å². The molecule has 2 heteroatoms. The first kappa shape index (κ1) is 16.3. The number of nitrogens with two attached hydrogens (primary N) is 1.